The molecule has 1 saturated heterocycles. The van der Waals surface area contributed by atoms with Crippen LogP contribution in [-0.4, -0.2) is 80.6 Å². The highest BCUT2D eigenvalue weighted by Crippen LogP contribution is 2.29. The second-order valence-corrected chi connectivity index (χ2v) is 7.64. The predicted octanol–water partition coefficient (Wildman–Crippen LogP) is 3.13. The van der Waals surface area contributed by atoms with Gasteiger partial charge in [-0.05, 0) is 64.1 Å². The Morgan fingerprint density at radius 1 is 1.14 bits per heavy atom. The second kappa shape index (κ2) is 11.4. The minimum absolute atomic E-state index is 0.502. The third-order valence-electron chi connectivity index (χ3n) is 5.10. The number of rotatable bonds is 7. The summed E-state index contributed by atoms with van der Waals surface area (Å²) in [5.41, 5.74) is 0.198. The Hall–Kier alpha value is -1.80. The van der Waals surface area contributed by atoms with Crippen LogP contribution in [0.4, 0.5) is 13.2 Å². The molecule has 1 N–H and O–H groups in total. The van der Waals surface area contributed by atoms with Crippen LogP contribution in [0.25, 0.3) is 0 Å². The van der Waals surface area contributed by atoms with Gasteiger partial charge in [0.15, 0.2) is 5.96 Å². The first-order chi connectivity index (χ1) is 13.8. The largest absolute Gasteiger partial charge is 0.416 e. The van der Waals surface area contributed by atoms with Crippen LogP contribution in [0.3, 0.4) is 0 Å². The number of hydrogen-bond donors (Lipinski definition) is 1. The summed E-state index contributed by atoms with van der Waals surface area (Å²) < 4.78 is 38.1. The van der Waals surface area contributed by atoms with E-state index in [9.17, 15) is 13.2 Å². The molecule has 0 amide bonds. The quantitative estimate of drug-likeness (QED) is 0.423. The molecule has 2 rings (SSSR count). The third-order valence-corrected chi connectivity index (χ3v) is 5.10. The van der Waals surface area contributed by atoms with Crippen LogP contribution in [0.1, 0.15) is 30.9 Å². The summed E-state index contributed by atoms with van der Waals surface area (Å²) in [5.74, 6) is 0.781. The van der Waals surface area contributed by atoms with Gasteiger partial charge in [0.05, 0.1) is 5.56 Å². The molecule has 8 heteroatoms. The lowest BCUT2D eigenvalue weighted by Crippen LogP contribution is -2.38. The van der Waals surface area contributed by atoms with E-state index in [0.717, 1.165) is 75.9 Å². The molecule has 1 aliphatic rings. The SMILES string of the molecule is CCNC(=NCCCN1CCCN(C)CC1)N(C)Cc1ccc(C(F)(F)F)cc1. The molecular formula is C21H34F3N5. The molecule has 1 aromatic carbocycles. The van der Waals surface area contributed by atoms with E-state index in [4.69, 9.17) is 4.99 Å². The molecular weight excluding hydrogens is 379 g/mol. The first-order valence-electron chi connectivity index (χ1n) is 10.4. The minimum atomic E-state index is -4.30. The van der Waals surface area contributed by atoms with Crippen LogP contribution >= 0.6 is 0 Å². The van der Waals surface area contributed by atoms with Crippen molar-refractivity contribution in [1.29, 1.82) is 0 Å². The maximum Gasteiger partial charge on any atom is 0.416 e. The van der Waals surface area contributed by atoms with Crippen molar-refractivity contribution in [2.24, 2.45) is 4.99 Å². The highest BCUT2D eigenvalue weighted by molar-refractivity contribution is 5.79. The van der Waals surface area contributed by atoms with Gasteiger partial charge < -0.3 is 20.0 Å². The molecule has 0 aliphatic carbocycles. The molecule has 0 spiro atoms. The van der Waals surface area contributed by atoms with E-state index in [1.807, 2.05) is 18.9 Å². The number of hydrogen-bond acceptors (Lipinski definition) is 3. The Labute approximate surface area is 172 Å². The summed E-state index contributed by atoms with van der Waals surface area (Å²) in [6, 6.07) is 5.32. The van der Waals surface area contributed by atoms with Crippen molar-refractivity contribution in [3.8, 4) is 0 Å². The van der Waals surface area contributed by atoms with Crippen molar-refractivity contribution in [3.05, 3.63) is 35.4 Å². The number of alkyl halides is 3. The van der Waals surface area contributed by atoms with Crippen molar-refractivity contribution >= 4 is 5.96 Å². The Morgan fingerprint density at radius 3 is 2.52 bits per heavy atom. The van der Waals surface area contributed by atoms with E-state index < -0.39 is 11.7 Å². The monoisotopic (exact) mass is 413 g/mol. The van der Waals surface area contributed by atoms with Gasteiger partial charge in [-0.3, -0.25) is 4.99 Å². The normalized spacial score (nSPS) is 17.2. The molecule has 0 saturated carbocycles. The topological polar surface area (TPSA) is 34.1 Å². The van der Waals surface area contributed by atoms with Gasteiger partial charge in [-0.15, -0.1) is 0 Å². The highest BCUT2D eigenvalue weighted by Gasteiger charge is 2.29. The van der Waals surface area contributed by atoms with E-state index in [-0.39, 0.29) is 0 Å². The van der Waals surface area contributed by atoms with Crippen molar-refractivity contribution in [3.63, 3.8) is 0 Å². The maximum atomic E-state index is 12.7. The molecule has 0 bridgehead atoms. The van der Waals surface area contributed by atoms with Gasteiger partial charge in [-0.2, -0.15) is 13.2 Å². The van der Waals surface area contributed by atoms with Crippen LogP contribution in [0.15, 0.2) is 29.3 Å². The number of guanidine groups is 1. The molecule has 1 fully saturated rings. The molecule has 1 heterocycles. The van der Waals surface area contributed by atoms with Gasteiger partial charge in [-0.1, -0.05) is 12.1 Å². The number of nitrogens with zero attached hydrogens (tertiary/aromatic N) is 4. The molecule has 0 atom stereocenters. The van der Waals surface area contributed by atoms with Crippen molar-refractivity contribution < 1.29 is 13.2 Å². The van der Waals surface area contributed by atoms with Crippen molar-refractivity contribution in [2.75, 3.05) is 59.9 Å². The maximum absolute atomic E-state index is 12.7. The van der Waals surface area contributed by atoms with Gasteiger partial charge in [-0.25, -0.2) is 0 Å². The molecule has 0 unspecified atom stereocenters. The summed E-state index contributed by atoms with van der Waals surface area (Å²) in [7, 11) is 4.08. The van der Waals surface area contributed by atoms with Crippen LogP contribution in [0, 0.1) is 0 Å². The zero-order valence-corrected chi connectivity index (χ0v) is 17.8. The number of likely N-dealkylation sites (N-methyl/N-ethyl adjacent to an activating group) is 1. The lowest BCUT2D eigenvalue weighted by molar-refractivity contribution is -0.137. The average molecular weight is 414 g/mol. The molecule has 5 nitrogen and oxygen atoms in total. The number of halogens is 3. The minimum Gasteiger partial charge on any atom is -0.357 e. The van der Waals surface area contributed by atoms with Gasteiger partial charge in [0, 0.05) is 39.8 Å². The Bertz CT molecular complexity index is 630. The first-order valence-corrected chi connectivity index (χ1v) is 10.4. The summed E-state index contributed by atoms with van der Waals surface area (Å²) in [4.78, 5) is 11.5. The number of nitrogens with one attached hydrogen (secondary N) is 1. The summed E-state index contributed by atoms with van der Waals surface area (Å²) >= 11 is 0. The predicted molar refractivity (Wildman–Crippen MR) is 112 cm³/mol. The lowest BCUT2D eigenvalue weighted by Gasteiger charge is -2.23. The van der Waals surface area contributed by atoms with Crippen LogP contribution in [-0.2, 0) is 12.7 Å². The Morgan fingerprint density at radius 2 is 1.86 bits per heavy atom. The fraction of sp³-hybridized carbons (Fsp3) is 0.667. The molecule has 164 valence electrons. The zero-order valence-electron chi connectivity index (χ0n) is 17.8. The number of benzene rings is 1. The Balaban J connectivity index is 1.85. The smallest absolute Gasteiger partial charge is 0.357 e. The molecule has 29 heavy (non-hydrogen) atoms. The molecule has 0 aromatic heterocycles. The highest BCUT2D eigenvalue weighted by atomic mass is 19.4. The number of aliphatic imine (C=N–C) groups is 1. The molecule has 0 radical (unpaired) electrons. The van der Waals surface area contributed by atoms with E-state index in [2.05, 4.69) is 22.2 Å². The standard InChI is InChI=1S/C21H34F3N5/c1-4-25-20(26-11-5-13-29-14-6-12-27(2)15-16-29)28(3)17-18-7-9-19(10-8-18)21(22,23)24/h7-10H,4-6,11-17H2,1-3H3,(H,25,26). The molecule has 1 aliphatic heterocycles. The van der Waals surface area contributed by atoms with E-state index in [1.54, 1.807) is 0 Å². The lowest BCUT2D eigenvalue weighted by atomic mass is 10.1. The average Bonchev–Trinajstić information content (AvgIpc) is 2.88. The van der Waals surface area contributed by atoms with E-state index in [1.165, 1.54) is 18.6 Å². The fourth-order valence-corrected chi connectivity index (χ4v) is 3.42. The van der Waals surface area contributed by atoms with Crippen LogP contribution in [0.2, 0.25) is 0 Å². The van der Waals surface area contributed by atoms with Gasteiger partial charge in [0.1, 0.15) is 0 Å². The molecule has 1 aromatic rings. The van der Waals surface area contributed by atoms with E-state index in [0.29, 0.717) is 6.54 Å². The zero-order chi connectivity index (χ0) is 21.3. The van der Waals surface area contributed by atoms with Gasteiger partial charge in [0.2, 0.25) is 0 Å². The summed E-state index contributed by atoms with van der Waals surface area (Å²) in [6.07, 6.45) is -2.10. The summed E-state index contributed by atoms with van der Waals surface area (Å²) in [6.45, 7) is 9.55. The first kappa shape index (κ1) is 23.5. The fourth-order valence-electron chi connectivity index (χ4n) is 3.42. The summed E-state index contributed by atoms with van der Waals surface area (Å²) in [5, 5.41) is 3.27. The second-order valence-electron chi connectivity index (χ2n) is 7.64. The van der Waals surface area contributed by atoms with Gasteiger partial charge >= 0.3 is 6.18 Å². The van der Waals surface area contributed by atoms with Crippen LogP contribution < -0.4 is 5.32 Å². The van der Waals surface area contributed by atoms with Crippen LogP contribution in [0.5, 0.6) is 0 Å². The van der Waals surface area contributed by atoms with Crippen molar-refractivity contribution in [1.82, 2.24) is 20.0 Å². The van der Waals surface area contributed by atoms with E-state index >= 15 is 0 Å². The third kappa shape index (κ3) is 8.22. The van der Waals surface area contributed by atoms with Crippen molar-refractivity contribution in [2.45, 2.75) is 32.5 Å². The Kier molecular flexibility index (Phi) is 9.23. The van der Waals surface area contributed by atoms with Gasteiger partial charge in [0.25, 0.3) is 0 Å².